The largest absolute Gasteiger partial charge is 0.356 e. The van der Waals surface area contributed by atoms with Crippen LogP contribution in [0.25, 0.3) is 11.0 Å². The molecule has 2 aromatic heterocycles. The summed E-state index contributed by atoms with van der Waals surface area (Å²) in [6.45, 7) is 5.89. The average Bonchev–Trinajstić information content (AvgIpc) is 3.27. The van der Waals surface area contributed by atoms with Crippen LogP contribution in [0.4, 0.5) is 11.8 Å². The van der Waals surface area contributed by atoms with E-state index >= 15 is 0 Å². The molecule has 0 amide bonds. The van der Waals surface area contributed by atoms with Crippen molar-refractivity contribution in [3.8, 4) is 0 Å². The molecule has 3 fully saturated rings. The fourth-order valence-corrected chi connectivity index (χ4v) is 5.97. The van der Waals surface area contributed by atoms with Crippen molar-refractivity contribution in [3.63, 3.8) is 0 Å². The maximum atomic E-state index is 5.05. The van der Waals surface area contributed by atoms with Crippen LogP contribution >= 0.6 is 0 Å². The topological polar surface area (TPSA) is 62.1 Å². The Labute approximate surface area is 193 Å². The summed E-state index contributed by atoms with van der Waals surface area (Å²) in [7, 11) is 1.99. The van der Waals surface area contributed by atoms with Crippen molar-refractivity contribution in [2.45, 2.75) is 83.1 Å². The van der Waals surface area contributed by atoms with Gasteiger partial charge in [-0.2, -0.15) is 15.1 Å². The van der Waals surface area contributed by atoms with Gasteiger partial charge in [-0.1, -0.05) is 38.5 Å². The number of rotatable bonds is 6. The highest BCUT2D eigenvalue weighted by molar-refractivity contribution is 5.88. The summed E-state index contributed by atoms with van der Waals surface area (Å²) in [4.78, 5) is 15.1. The number of nitrogens with one attached hydrogen (secondary N) is 1. The van der Waals surface area contributed by atoms with Crippen LogP contribution in [0.5, 0.6) is 0 Å². The molecular weight excluding hydrogens is 398 g/mol. The zero-order valence-corrected chi connectivity index (χ0v) is 19.9. The first-order valence-corrected chi connectivity index (χ1v) is 13.2. The molecule has 1 N–H and O–H groups in total. The summed E-state index contributed by atoms with van der Waals surface area (Å²) < 4.78 is 1.89. The molecule has 2 saturated heterocycles. The number of fused-ring (bicyclic) bond motifs is 1. The maximum absolute atomic E-state index is 5.05. The van der Waals surface area contributed by atoms with Crippen LogP contribution in [0.15, 0.2) is 6.20 Å². The molecule has 1 unspecified atom stereocenters. The molecule has 2 aliphatic heterocycles. The lowest BCUT2D eigenvalue weighted by molar-refractivity contribution is 0.260. The second kappa shape index (κ2) is 10.4. The van der Waals surface area contributed by atoms with Crippen LogP contribution in [0, 0.1) is 5.92 Å². The van der Waals surface area contributed by atoms with E-state index in [1.165, 1.54) is 96.7 Å². The van der Waals surface area contributed by atoms with Gasteiger partial charge in [0.05, 0.1) is 11.6 Å². The standard InChI is InChI=1S/C25H41N7/c1-30-23-22(19-26-30)24(32-15-6-2-3-7-16-32)29-25(28-23)27-21-11-8-14-31(18-13-21)17-12-20-9-4-5-10-20/h19-21H,2-18H2,1H3,(H,27,28,29). The van der Waals surface area contributed by atoms with Gasteiger partial charge >= 0.3 is 0 Å². The summed E-state index contributed by atoms with van der Waals surface area (Å²) in [5.74, 6) is 2.84. The van der Waals surface area contributed by atoms with Gasteiger partial charge < -0.3 is 15.1 Å². The van der Waals surface area contributed by atoms with E-state index in [9.17, 15) is 0 Å². The van der Waals surface area contributed by atoms with Crippen LogP contribution in [0.1, 0.15) is 77.0 Å². The molecule has 5 rings (SSSR count). The van der Waals surface area contributed by atoms with E-state index in [1.54, 1.807) is 0 Å². The molecule has 1 aliphatic carbocycles. The van der Waals surface area contributed by atoms with E-state index in [2.05, 4.69) is 20.2 Å². The minimum absolute atomic E-state index is 0.453. The SMILES string of the molecule is Cn1ncc2c(N3CCCCCC3)nc(NC3CCCN(CCC4CCCC4)CC3)nc21. The quantitative estimate of drug-likeness (QED) is 0.710. The second-order valence-corrected chi connectivity index (χ2v) is 10.3. The lowest BCUT2D eigenvalue weighted by atomic mass is 10.0. The van der Waals surface area contributed by atoms with Gasteiger partial charge in [0, 0.05) is 32.7 Å². The first-order chi connectivity index (χ1) is 15.8. The zero-order chi connectivity index (χ0) is 21.8. The molecule has 0 radical (unpaired) electrons. The van der Waals surface area contributed by atoms with Gasteiger partial charge in [-0.05, 0) is 57.5 Å². The minimum atomic E-state index is 0.453. The summed E-state index contributed by atoms with van der Waals surface area (Å²) in [6.07, 6.45) is 17.9. The van der Waals surface area contributed by atoms with E-state index in [1.807, 2.05) is 17.9 Å². The van der Waals surface area contributed by atoms with Gasteiger partial charge in [-0.15, -0.1) is 0 Å². The highest BCUT2D eigenvalue weighted by Gasteiger charge is 2.22. The molecule has 0 bridgehead atoms. The third-order valence-electron chi connectivity index (χ3n) is 7.96. The number of nitrogens with zero attached hydrogens (tertiary/aromatic N) is 6. The number of hydrogen-bond acceptors (Lipinski definition) is 6. The molecule has 1 saturated carbocycles. The smallest absolute Gasteiger partial charge is 0.226 e. The van der Waals surface area contributed by atoms with Gasteiger partial charge in [-0.3, -0.25) is 4.68 Å². The molecule has 7 heteroatoms. The Morgan fingerprint density at radius 1 is 0.875 bits per heavy atom. The number of aromatic nitrogens is 4. The monoisotopic (exact) mass is 439 g/mol. The lowest BCUT2D eigenvalue weighted by Gasteiger charge is -2.24. The minimum Gasteiger partial charge on any atom is -0.356 e. The normalized spacial score (nSPS) is 24.0. The van der Waals surface area contributed by atoms with Gasteiger partial charge in [0.15, 0.2) is 5.65 Å². The molecule has 4 heterocycles. The number of likely N-dealkylation sites (tertiary alicyclic amines) is 1. The van der Waals surface area contributed by atoms with E-state index in [4.69, 9.17) is 9.97 Å². The highest BCUT2D eigenvalue weighted by Crippen LogP contribution is 2.29. The summed E-state index contributed by atoms with van der Waals surface area (Å²) >= 11 is 0. The summed E-state index contributed by atoms with van der Waals surface area (Å²) in [5.41, 5.74) is 0.938. The maximum Gasteiger partial charge on any atom is 0.226 e. The Balaban J connectivity index is 1.25. The van der Waals surface area contributed by atoms with E-state index in [-0.39, 0.29) is 0 Å². The first kappa shape index (κ1) is 21.9. The third kappa shape index (κ3) is 5.19. The second-order valence-electron chi connectivity index (χ2n) is 10.3. The molecule has 0 aromatic carbocycles. The molecule has 0 spiro atoms. The molecule has 2 aromatic rings. The number of hydrogen-bond donors (Lipinski definition) is 1. The molecule has 1 atom stereocenters. The van der Waals surface area contributed by atoms with Crippen LogP contribution < -0.4 is 10.2 Å². The van der Waals surface area contributed by atoms with E-state index in [0.717, 1.165) is 41.8 Å². The van der Waals surface area contributed by atoms with Crippen molar-refractivity contribution >= 4 is 22.8 Å². The average molecular weight is 440 g/mol. The fourth-order valence-electron chi connectivity index (χ4n) is 5.97. The Morgan fingerprint density at radius 2 is 1.69 bits per heavy atom. The molecule has 32 heavy (non-hydrogen) atoms. The lowest BCUT2D eigenvalue weighted by Crippen LogP contribution is -2.29. The van der Waals surface area contributed by atoms with Crippen LogP contribution in [0.2, 0.25) is 0 Å². The Morgan fingerprint density at radius 3 is 2.50 bits per heavy atom. The third-order valence-corrected chi connectivity index (χ3v) is 7.96. The van der Waals surface area contributed by atoms with Crippen molar-refractivity contribution < 1.29 is 0 Å². The predicted octanol–water partition coefficient (Wildman–Crippen LogP) is 4.59. The fraction of sp³-hybridized carbons (Fsp3) is 0.800. The summed E-state index contributed by atoms with van der Waals surface area (Å²) in [6, 6.07) is 0.453. The van der Waals surface area contributed by atoms with E-state index < -0.39 is 0 Å². The Kier molecular flexibility index (Phi) is 7.10. The Bertz CT molecular complexity index is 865. The van der Waals surface area contributed by atoms with Crippen molar-refractivity contribution in [2.24, 2.45) is 13.0 Å². The highest BCUT2D eigenvalue weighted by atomic mass is 15.3. The molecule has 3 aliphatic rings. The predicted molar refractivity (Wildman–Crippen MR) is 131 cm³/mol. The Hall–Kier alpha value is -1.89. The first-order valence-electron chi connectivity index (χ1n) is 13.2. The van der Waals surface area contributed by atoms with Crippen molar-refractivity contribution in [2.75, 3.05) is 42.9 Å². The van der Waals surface area contributed by atoms with E-state index in [0.29, 0.717) is 6.04 Å². The van der Waals surface area contributed by atoms with Crippen LogP contribution in [-0.2, 0) is 7.05 Å². The van der Waals surface area contributed by atoms with Gasteiger partial charge in [0.25, 0.3) is 0 Å². The van der Waals surface area contributed by atoms with Gasteiger partial charge in [0.1, 0.15) is 5.82 Å². The number of anilines is 2. The zero-order valence-electron chi connectivity index (χ0n) is 19.9. The van der Waals surface area contributed by atoms with Crippen LogP contribution in [0.3, 0.4) is 0 Å². The molecule has 176 valence electrons. The van der Waals surface area contributed by atoms with Crippen LogP contribution in [-0.4, -0.2) is 63.4 Å². The van der Waals surface area contributed by atoms with Crippen molar-refractivity contribution in [1.82, 2.24) is 24.6 Å². The van der Waals surface area contributed by atoms with Gasteiger partial charge in [-0.25, -0.2) is 0 Å². The molecular formula is C25H41N7. The summed E-state index contributed by atoms with van der Waals surface area (Å²) in [5, 5.41) is 9.30. The van der Waals surface area contributed by atoms with Gasteiger partial charge in [0.2, 0.25) is 5.95 Å². The van der Waals surface area contributed by atoms with Crippen molar-refractivity contribution in [1.29, 1.82) is 0 Å². The number of aryl methyl sites for hydroxylation is 1. The molecule has 7 nitrogen and oxygen atoms in total. The van der Waals surface area contributed by atoms with Crippen molar-refractivity contribution in [3.05, 3.63) is 6.20 Å².